The number of imidazole rings is 4. The number of carbonyl (C=O) groups excluding carboxylic acids is 6. The highest BCUT2D eigenvalue weighted by Gasteiger charge is 2.35. The molecule has 0 radical (unpaired) electrons. The molecule has 0 bridgehead atoms. The maximum atomic E-state index is 14.3. The van der Waals surface area contributed by atoms with Crippen LogP contribution in [0, 0.1) is 11.8 Å². The predicted molar refractivity (Wildman–Crippen MR) is 238 cm³/mol. The predicted octanol–water partition coefficient (Wildman–Crippen LogP) is -1.61. The van der Waals surface area contributed by atoms with Crippen molar-refractivity contribution in [1.29, 1.82) is 0 Å². The monoisotopic (exact) mass is 921 g/mol. The van der Waals surface area contributed by atoms with E-state index in [2.05, 4.69) is 71.8 Å². The first-order valence-electron chi connectivity index (χ1n) is 21.9. The van der Waals surface area contributed by atoms with Crippen molar-refractivity contribution in [1.82, 2.24) is 71.8 Å². The lowest BCUT2D eigenvalue weighted by atomic mass is 10.0. The zero-order valence-corrected chi connectivity index (χ0v) is 37.6. The van der Waals surface area contributed by atoms with Crippen molar-refractivity contribution in [2.24, 2.45) is 23.3 Å². The van der Waals surface area contributed by atoms with E-state index >= 15 is 0 Å². The molecule has 0 aromatic carbocycles. The summed E-state index contributed by atoms with van der Waals surface area (Å²) in [6.45, 7) is 7.64. The van der Waals surface area contributed by atoms with E-state index in [4.69, 9.17) is 11.5 Å². The minimum atomic E-state index is -1.37. The minimum Gasteiger partial charge on any atom is -0.480 e. The Morgan fingerprint density at radius 3 is 1.20 bits per heavy atom. The van der Waals surface area contributed by atoms with Gasteiger partial charge in [-0.2, -0.15) is 0 Å². The zero-order chi connectivity index (χ0) is 48.2. The Hall–Kier alpha value is -6.95. The summed E-state index contributed by atoms with van der Waals surface area (Å²) < 4.78 is 0. The van der Waals surface area contributed by atoms with E-state index in [0.717, 1.165) is 0 Å². The van der Waals surface area contributed by atoms with E-state index in [9.17, 15) is 38.7 Å². The number of hydrogen-bond acceptors (Lipinski definition) is 13. The summed E-state index contributed by atoms with van der Waals surface area (Å²) >= 11 is 0. The number of nitrogens with two attached hydrogens (primary N) is 2. The number of amides is 6. The molecule has 0 saturated heterocycles. The Morgan fingerprint density at radius 2 is 0.833 bits per heavy atom. The maximum Gasteiger partial charge on any atom is 0.326 e. The van der Waals surface area contributed by atoms with Crippen molar-refractivity contribution in [3.05, 3.63) is 72.9 Å². The zero-order valence-electron chi connectivity index (χ0n) is 37.6. The fraction of sp³-hybridized carbons (Fsp3) is 0.548. The fourth-order valence-electron chi connectivity index (χ4n) is 6.98. The molecule has 7 atom stereocenters. The van der Waals surface area contributed by atoms with Crippen molar-refractivity contribution in [2.75, 3.05) is 6.54 Å². The molecule has 6 amide bonds. The van der Waals surface area contributed by atoms with Crippen LogP contribution in [0.15, 0.2) is 50.1 Å². The highest BCUT2D eigenvalue weighted by molar-refractivity contribution is 5.97. The Morgan fingerprint density at radius 1 is 0.500 bits per heavy atom. The second-order valence-electron chi connectivity index (χ2n) is 16.9. The first-order valence-corrected chi connectivity index (χ1v) is 21.9. The number of nitrogens with zero attached hydrogens (tertiary/aromatic N) is 4. The molecular formula is C42H64N16O8. The van der Waals surface area contributed by atoms with Crippen molar-refractivity contribution in [3.63, 3.8) is 0 Å². The molecule has 15 N–H and O–H groups in total. The fourth-order valence-corrected chi connectivity index (χ4v) is 6.98. The maximum absolute atomic E-state index is 14.3. The molecule has 0 aliphatic heterocycles. The average molecular weight is 921 g/mol. The molecule has 4 aromatic heterocycles. The topological polar surface area (TPSA) is 379 Å². The van der Waals surface area contributed by atoms with Gasteiger partial charge >= 0.3 is 5.97 Å². The van der Waals surface area contributed by atoms with Gasteiger partial charge in [-0.05, 0) is 50.5 Å². The third-order valence-electron chi connectivity index (χ3n) is 10.4. The van der Waals surface area contributed by atoms with Gasteiger partial charge in [-0.1, -0.05) is 27.7 Å². The Kier molecular flexibility index (Phi) is 20.5. The molecule has 24 nitrogen and oxygen atoms in total. The molecule has 0 spiro atoms. The van der Waals surface area contributed by atoms with Crippen molar-refractivity contribution in [3.8, 4) is 0 Å². The van der Waals surface area contributed by atoms with Crippen LogP contribution in [-0.4, -0.2) is 135 Å². The molecular weight excluding hydrogens is 857 g/mol. The molecule has 4 rings (SSSR count). The summed E-state index contributed by atoms with van der Waals surface area (Å²) in [4.78, 5) is 124. The van der Waals surface area contributed by atoms with Crippen LogP contribution in [0.25, 0.3) is 0 Å². The van der Waals surface area contributed by atoms with E-state index in [1.54, 1.807) is 12.4 Å². The molecule has 0 aliphatic rings. The summed E-state index contributed by atoms with van der Waals surface area (Å²) in [6.07, 6.45) is 12.8. The van der Waals surface area contributed by atoms with Crippen molar-refractivity contribution >= 4 is 41.4 Å². The van der Waals surface area contributed by atoms with Crippen LogP contribution in [-0.2, 0) is 59.2 Å². The number of carboxylic acid groups (broad SMARTS) is 1. The van der Waals surface area contributed by atoms with Gasteiger partial charge < -0.3 is 68.4 Å². The molecule has 66 heavy (non-hydrogen) atoms. The van der Waals surface area contributed by atoms with Gasteiger partial charge in [0.05, 0.1) is 54.1 Å². The van der Waals surface area contributed by atoms with Gasteiger partial charge in [0, 0.05) is 50.5 Å². The largest absolute Gasteiger partial charge is 0.480 e. The highest BCUT2D eigenvalue weighted by Crippen LogP contribution is 2.12. The van der Waals surface area contributed by atoms with Crippen LogP contribution in [0.5, 0.6) is 0 Å². The summed E-state index contributed by atoms with van der Waals surface area (Å²) in [5.74, 6) is -5.78. The van der Waals surface area contributed by atoms with Gasteiger partial charge in [-0.15, -0.1) is 0 Å². The normalized spacial score (nSPS) is 14.5. The molecule has 0 aliphatic carbocycles. The molecule has 0 fully saturated rings. The SMILES string of the molecule is CC(C)C[C@H](NC(=O)[C@H](Cc1c[nH]cn1)NC(=O)[C@H](Cc1c[nH]cn1)NC(=O)[C@H](CCCCN)NC(=O)[C@H](Cc1c[nH]cn1)NC(=O)[C@H](CC(C)C)NC(=O)[C@@H](N)Cc1c[nH]cn1)C(=O)O. The van der Waals surface area contributed by atoms with Gasteiger partial charge in [0.25, 0.3) is 0 Å². The van der Waals surface area contributed by atoms with Crippen LogP contribution >= 0.6 is 0 Å². The lowest BCUT2D eigenvalue weighted by Gasteiger charge is -2.28. The average Bonchev–Trinajstić information content (AvgIpc) is 4.12. The third kappa shape index (κ3) is 17.2. The number of H-pyrrole nitrogens is 4. The molecule has 360 valence electrons. The van der Waals surface area contributed by atoms with E-state index in [1.807, 2.05) is 27.7 Å². The smallest absolute Gasteiger partial charge is 0.326 e. The Balaban J connectivity index is 1.57. The van der Waals surface area contributed by atoms with Crippen LogP contribution in [0.2, 0.25) is 0 Å². The number of aromatic amines is 4. The van der Waals surface area contributed by atoms with Gasteiger partial charge in [0.15, 0.2) is 0 Å². The summed E-state index contributed by atoms with van der Waals surface area (Å²) in [7, 11) is 0. The molecule has 0 unspecified atom stereocenters. The van der Waals surface area contributed by atoms with Gasteiger partial charge in [-0.3, -0.25) is 28.8 Å². The van der Waals surface area contributed by atoms with Gasteiger partial charge in [0.1, 0.15) is 36.3 Å². The highest BCUT2D eigenvalue weighted by atomic mass is 16.4. The summed E-state index contributed by atoms with van der Waals surface area (Å²) in [5.41, 5.74) is 13.7. The van der Waals surface area contributed by atoms with E-state index in [-0.39, 0.29) is 63.3 Å². The molecule has 24 heteroatoms. The van der Waals surface area contributed by atoms with Gasteiger partial charge in [-0.25, -0.2) is 24.7 Å². The number of hydrogen-bond donors (Lipinski definition) is 13. The van der Waals surface area contributed by atoms with Crippen LogP contribution < -0.4 is 43.4 Å². The standard InChI is InChI=1S/C42H64N16O8/c1-23(2)9-31(54-36(59)29(44)11-25-15-45-19-49-25)38(61)56-32(12-26-16-46-20-50-26)39(62)53-30(7-5-6-8-43)37(60)55-33(13-27-17-47-21-51-27)40(63)57-34(14-28-18-48-22-52-28)41(64)58-35(42(65)66)10-24(3)4/h15-24,29-35H,5-14,43-44H2,1-4H3,(H,45,49)(H,46,50)(H,47,51)(H,48,52)(H,53,62)(H,54,59)(H,55,60)(H,56,61)(H,57,63)(H,58,64)(H,65,66)/t29-,30-,31-,32-,33-,34-,35-/m0/s1. The van der Waals surface area contributed by atoms with Crippen LogP contribution in [0.1, 0.15) is 82.6 Å². The molecule has 4 aromatic rings. The summed E-state index contributed by atoms with van der Waals surface area (Å²) in [5, 5.41) is 26.0. The molecule has 0 saturated carbocycles. The number of unbranched alkanes of at least 4 members (excludes halogenated alkanes) is 1. The number of carbonyl (C=O) groups is 7. The second-order valence-corrected chi connectivity index (χ2v) is 16.9. The number of rotatable bonds is 29. The number of aromatic nitrogens is 8. The second kappa shape index (κ2) is 26.1. The van der Waals surface area contributed by atoms with E-state index in [1.165, 1.54) is 37.7 Å². The number of carboxylic acids is 1. The number of nitrogens with one attached hydrogen (secondary N) is 10. The van der Waals surface area contributed by atoms with E-state index in [0.29, 0.717) is 35.6 Å². The first-order chi connectivity index (χ1) is 31.5. The van der Waals surface area contributed by atoms with Crippen LogP contribution in [0.3, 0.4) is 0 Å². The van der Waals surface area contributed by atoms with Crippen molar-refractivity contribution < 1.29 is 38.7 Å². The lowest BCUT2D eigenvalue weighted by molar-refractivity contribution is -0.142. The van der Waals surface area contributed by atoms with Crippen molar-refractivity contribution in [2.45, 2.75) is 128 Å². The third-order valence-corrected chi connectivity index (χ3v) is 10.4. The van der Waals surface area contributed by atoms with E-state index < -0.39 is 83.7 Å². The molecule has 4 heterocycles. The Bertz CT molecular complexity index is 2110. The quantitative estimate of drug-likeness (QED) is 0.0273. The van der Waals surface area contributed by atoms with Gasteiger partial charge in [0.2, 0.25) is 35.4 Å². The van der Waals surface area contributed by atoms with Crippen LogP contribution in [0.4, 0.5) is 0 Å². The lowest BCUT2D eigenvalue weighted by Crippen LogP contribution is -2.60. The number of aliphatic carboxylic acids is 1. The minimum absolute atomic E-state index is 0.0639. The Labute approximate surface area is 381 Å². The summed E-state index contributed by atoms with van der Waals surface area (Å²) in [6, 6.07) is -8.62. The first kappa shape index (κ1) is 51.7.